The van der Waals surface area contributed by atoms with Crippen molar-refractivity contribution >= 4 is 5.78 Å². The Morgan fingerprint density at radius 3 is 2.25 bits per heavy atom. The minimum Gasteiger partial charge on any atom is -0.356 e. The van der Waals surface area contributed by atoms with E-state index in [2.05, 4.69) is 11.9 Å². The maximum atomic E-state index is 11.1. The van der Waals surface area contributed by atoms with Crippen molar-refractivity contribution in [3.63, 3.8) is 0 Å². The Hall–Kier alpha value is -1.05. The minimum absolute atomic E-state index is 0.121. The van der Waals surface area contributed by atoms with Crippen LogP contribution in [0.15, 0.2) is 0 Å². The molecule has 0 fully saturated rings. The van der Waals surface area contributed by atoms with E-state index >= 15 is 0 Å². The van der Waals surface area contributed by atoms with Crippen molar-refractivity contribution < 1.29 is 4.79 Å². The van der Waals surface area contributed by atoms with Gasteiger partial charge in [0.25, 0.3) is 0 Å². The molecule has 0 spiro atoms. The summed E-state index contributed by atoms with van der Waals surface area (Å²) in [4.78, 5) is 14.2. The van der Waals surface area contributed by atoms with Crippen molar-refractivity contribution in [2.45, 2.75) is 34.1 Å². The smallest absolute Gasteiger partial charge is 0.176 e. The molecule has 0 atom stereocenters. The number of carbonyl (C=O) groups is 1. The van der Waals surface area contributed by atoms with Gasteiger partial charge in [-0.1, -0.05) is 6.92 Å². The van der Waals surface area contributed by atoms with Crippen LogP contribution < -0.4 is 0 Å². The number of rotatable bonds is 2. The predicted octanol–water partition coefficient (Wildman–Crippen LogP) is 2.40. The second-order valence-corrected chi connectivity index (χ2v) is 3.14. The lowest BCUT2D eigenvalue weighted by Gasteiger charge is -1.95. The lowest BCUT2D eigenvalue weighted by Crippen LogP contribution is -1.94. The van der Waals surface area contributed by atoms with Crippen molar-refractivity contribution in [2.75, 3.05) is 0 Å². The lowest BCUT2D eigenvalue weighted by atomic mass is 10.1. The minimum atomic E-state index is 0.121. The first-order valence-corrected chi connectivity index (χ1v) is 4.26. The average molecular weight is 165 g/mol. The fraction of sp³-hybridized carbons (Fsp3) is 0.500. The highest BCUT2D eigenvalue weighted by Gasteiger charge is 2.11. The van der Waals surface area contributed by atoms with E-state index in [9.17, 15) is 4.79 Å². The van der Waals surface area contributed by atoms with Gasteiger partial charge in [0.05, 0.1) is 5.69 Å². The van der Waals surface area contributed by atoms with Crippen LogP contribution in [0.4, 0.5) is 0 Å². The third kappa shape index (κ3) is 1.29. The molecule has 0 unspecified atom stereocenters. The molecule has 1 aromatic heterocycles. The molecule has 2 nitrogen and oxygen atoms in total. The number of Topliss-reactive ketones (excluding diaryl/α,β-unsaturated/α-hetero) is 1. The molecule has 2 heteroatoms. The van der Waals surface area contributed by atoms with Gasteiger partial charge in [0, 0.05) is 12.6 Å². The van der Waals surface area contributed by atoms with E-state index in [1.54, 1.807) is 6.92 Å². The highest BCUT2D eigenvalue weighted by Crippen LogP contribution is 2.18. The van der Waals surface area contributed by atoms with Gasteiger partial charge in [-0.25, -0.2) is 0 Å². The molecule has 66 valence electrons. The molecule has 1 N–H and O–H groups in total. The zero-order valence-electron chi connectivity index (χ0n) is 8.12. The fourth-order valence-corrected chi connectivity index (χ4v) is 1.67. The maximum Gasteiger partial charge on any atom is 0.176 e. The van der Waals surface area contributed by atoms with Crippen LogP contribution in [0.5, 0.6) is 0 Å². The molecule has 0 aliphatic rings. The zero-order chi connectivity index (χ0) is 9.30. The van der Waals surface area contributed by atoms with Crippen LogP contribution in [0, 0.1) is 13.8 Å². The maximum absolute atomic E-state index is 11.1. The number of aryl methyl sites for hydroxylation is 1. The molecule has 0 saturated carbocycles. The molecule has 1 aromatic rings. The molecule has 0 bridgehead atoms. The first kappa shape index (κ1) is 9.04. The Balaban J connectivity index is 3.26. The molecular weight excluding hydrogens is 150 g/mol. The van der Waals surface area contributed by atoms with Crippen LogP contribution >= 0.6 is 0 Å². The third-order valence-electron chi connectivity index (χ3n) is 2.30. The second kappa shape index (κ2) is 3.13. The van der Waals surface area contributed by atoms with E-state index in [-0.39, 0.29) is 5.78 Å². The molecule has 1 heterocycles. The summed E-state index contributed by atoms with van der Waals surface area (Å²) in [6, 6.07) is 0. The summed E-state index contributed by atoms with van der Waals surface area (Å²) >= 11 is 0. The molecule has 0 saturated heterocycles. The number of aromatic nitrogens is 1. The van der Waals surface area contributed by atoms with Gasteiger partial charge < -0.3 is 4.98 Å². The molecule has 0 radical (unpaired) electrons. The van der Waals surface area contributed by atoms with Crippen molar-refractivity contribution in [2.24, 2.45) is 0 Å². The number of H-pyrrole nitrogens is 1. The van der Waals surface area contributed by atoms with Crippen LogP contribution in [-0.4, -0.2) is 10.8 Å². The fourth-order valence-electron chi connectivity index (χ4n) is 1.67. The number of carbonyl (C=O) groups excluding carboxylic acids is 1. The van der Waals surface area contributed by atoms with Gasteiger partial charge in [0.15, 0.2) is 5.78 Å². The topological polar surface area (TPSA) is 32.9 Å². The van der Waals surface area contributed by atoms with E-state index in [1.807, 2.05) is 13.8 Å². The largest absolute Gasteiger partial charge is 0.356 e. The molecule has 0 aromatic carbocycles. The van der Waals surface area contributed by atoms with Crippen molar-refractivity contribution in [3.05, 3.63) is 22.5 Å². The van der Waals surface area contributed by atoms with Crippen LogP contribution in [0.2, 0.25) is 0 Å². The summed E-state index contributed by atoms with van der Waals surface area (Å²) in [5.74, 6) is 0.121. The van der Waals surface area contributed by atoms with Gasteiger partial charge in [-0.15, -0.1) is 0 Å². The molecule has 1 rings (SSSR count). The highest BCUT2D eigenvalue weighted by atomic mass is 16.1. The number of hydrogen-bond donors (Lipinski definition) is 1. The monoisotopic (exact) mass is 165 g/mol. The molecule has 12 heavy (non-hydrogen) atoms. The van der Waals surface area contributed by atoms with E-state index in [0.29, 0.717) is 0 Å². The number of hydrogen-bond acceptors (Lipinski definition) is 1. The van der Waals surface area contributed by atoms with Crippen LogP contribution in [0.25, 0.3) is 0 Å². The normalized spacial score (nSPS) is 10.3. The Morgan fingerprint density at radius 1 is 1.42 bits per heavy atom. The van der Waals surface area contributed by atoms with E-state index in [1.165, 1.54) is 5.56 Å². The molecule has 0 amide bonds. The molecule has 0 aliphatic heterocycles. The average Bonchev–Trinajstić information content (AvgIpc) is 2.27. The Kier molecular flexibility index (Phi) is 2.36. The van der Waals surface area contributed by atoms with Crippen molar-refractivity contribution in [1.29, 1.82) is 0 Å². The third-order valence-corrected chi connectivity index (χ3v) is 2.30. The summed E-state index contributed by atoms with van der Waals surface area (Å²) < 4.78 is 0. The van der Waals surface area contributed by atoms with Crippen LogP contribution in [0.3, 0.4) is 0 Å². The number of aromatic amines is 1. The van der Waals surface area contributed by atoms with Crippen molar-refractivity contribution in [1.82, 2.24) is 4.98 Å². The first-order valence-electron chi connectivity index (χ1n) is 4.26. The van der Waals surface area contributed by atoms with Gasteiger partial charge >= 0.3 is 0 Å². The number of ketones is 1. The van der Waals surface area contributed by atoms with Gasteiger partial charge in [-0.05, 0) is 31.4 Å². The summed E-state index contributed by atoms with van der Waals surface area (Å²) in [6.45, 7) is 7.71. The molecule has 0 aliphatic carbocycles. The summed E-state index contributed by atoms with van der Waals surface area (Å²) in [7, 11) is 0. The van der Waals surface area contributed by atoms with E-state index in [4.69, 9.17) is 0 Å². The van der Waals surface area contributed by atoms with Crippen molar-refractivity contribution in [3.8, 4) is 0 Å². The van der Waals surface area contributed by atoms with Crippen LogP contribution in [0.1, 0.15) is 41.2 Å². The van der Waals surface area contributed by atoms with Gasteiger partial charge in [-0.3, -0.25) is 4.79 Å². The Labute approximate surface area is 73.0 Å². The zero-order valence-corrected chi connectivity index (χ0v) is 8.12. The Morgan fingerprint density at radius 2 is 2.00 bits per heavy atom. The molecular formula is C10H15NO. The summed E-state index contributed by atoms with van der Waals surface area (Å²) in [5.41, 5.74) is 4.28. The quantitative estimate of drug-likeness (QED) is 0.670. The van der Waals surface area contributed by atoms with Gasteiger partial charge in [0.1, 0.15) is 0 Å². The standard InChI is InChI=1S/C10H15NO/c1-5-9-6(2)10(8(4)12)11-7(9)3/h11H,5H2,1-4H3. The summed E-state index contributed by atoms with van der Waals surface area (Å²) in [5, 5.41) is 0. The first-order chi connectivity index (χ1) is 5.57. The van der Waals surface area contributed by atoms with E-state index < -0.39 is 0 Å². The predicted molar refractivity (Wildman–Crippen MR) is 49.6 cm³/mol. The highest BCUT2D eigenvalue weighted by molar-refractivity contribution is 5.94. The van der Waals surface area contributed by atoms with Gasteiger partial charge in [0.2, 0.25) is 0 Å². The Bertz CT molecular complexity index is 310. The second-order valence-electron chi connectivity index (χ2n) is 3.14. The lowest BCUT2D eigenvalue weighted by molar-refractivity contribution is 0.101. The van der Waals surface area contributed by atoms with Crippen LogP contribution in [-0.2, 0) is 6.42 Å². The SMILES string of the molecule is CCc1c(C)[nH]c(C(C)=O)c1C. The summed E-state index contributed by atoms with van der Waals surface area (Å²) in [6.07, 6.45) is 0.988. The number of nitrogens with one attached hydrogen (secondary N) is 1. The van der Waals surface area contributed by atoms with Gasteiger partial charge in [-0.2, -0.15) is 0 Å². The van der Waals surface area contributed by atoms with E-state index in [0.717, 1.165) is 23.4 Å².